The van der Waals surface area contributed by atoms with E-state index in [4.69, 9.17) is 0 Å². The summed E-state index contributed by atoms with van der Waals surface area (Å²) in [6, 6.07) is 14.0. The van der Waals surface area contributed by atoms with Crippen LogP contribution in [0.5, 0.6) is 0 Å². The number of carbonyl (C=O) groups is 5. The van der Waals surface area contributed by atoms with Gasteiger partial charge in [-0.3, -0.25) is 34.3 Å². The SMILES string of the molecule is O=C1CCC(N2Cc3c(NC=C4C(=O)CC(c5ccnc6ccccc56)CC4=O)cccc3C2=O)C(=O)N1. The van der Waals surface area contributed by atoms with E-state index in [1.54, 1.807) is 24.4 Å². The van der Waals surface area contributed by atoms with Gasteiger partial charge in [0.05, 0.1) is 11.1 Å². The summed E-state index contributed by atoms with van der Waals surface area (Å²) in [5.41, 5.74) is 3.58. The van der Waals surface area contributed by atoms with Crippen LogP contribution in [0.3, 0.4) is 0 Å². The smallest absolute Gasteiger partial charge is 0.255 e. The van der Waals surface area contributed by atoms with Gasteiger partial charge in [0.1, 0.15) is 6.04 Å². The number of benzene rings is 2. The number of imide groups is 1. The van der Waals surface area contributed by atoms with Crippen molar-refractivity contribution >= 4 is 45.9 Å². The van der Waals surface area contributed by atoms with Gasteiger partial charge in [-0.2, -0.15) is 0 Å². The van der Waals surface area contributed by atoms with Gasteiger partial charge in [0.2, 0.25) is 11.8 Å². The number of allylic oxidation sites excluding steroid dienone is 1. The predicted molar refractivity (Wildman–Crippen MR) is 138 cm³/mol. The Morgan fingerprint density at radius 2 is 1.74 bits per heavy atom. The second kappa shape index (κ2) is 9.33. The van der Waals surface area contributed by atoms with Crippen molar-refractivity contribution in [2.24, 2.45) is 0 Å². The zero-order valence-electron chi connectivity index (χ0n) is 20.4. The lowest BCUT2D eigenvalue weighted by Gasteiger charge is -2.29. The van der Waals surface area contributed by atoms with Gasteiger partial charge in [-0.1, -0.05) is 24.3 Å². The molecule has 190 valence electrons. The molecule has 2 fully saturated rings. The number of anilines is 1. The number of para-hydroxylation sites is 1. The monoisotopic (exact) mass is 508 g/mol. The number of fused-ring (bicyclic) bond motifs is 2. The van der Waals surface area contributed by atoms with Crippen molar-refractivity contribution in [3.05, 3.63) is 83.2 Å². The Morgan fingerprint density at radius 3 is 2.53 bits per heavy atom. The molecule has 2 aromatic carbocycles. The van der Waals surface area contributed by atoms with E-state index in [0.29, 0.717) is 16.8 Å². The number of aromatic nitrogens is 1. The van der Waals surface area contributed by atoms with Crippen molar-refractivity contribution in [1.29, 1.82) is 0 Å². The fourth-order valence-corrected chi connectivity index (χ4v) is 5.62. The lowest BCUT2D eigenvalue weighted by Crippen LogP contribution is -2.52. The number of hydrogen-bond donors (Lipinski definition) is 2. The summed E-state index contributed by atoms with van der Waals surface area (Å²) in [6.45, 7) is 0.186. The first-order valence-corrected chi connectivity index (χ1v) is 12.5. The minimum atomic E-state index is -0.721. The molecule has 38 heavy (non-hydrogen) atoms. The van der Waals surface area contributed by atoms with E-state index >= 15 is 0 Å². The summed E-state index contributed by atoms with van der Waals surface area (Å²) in [4.78, 5) is 68.9. The molecule has 9 nitrogen and oxygen atoms in total. The minimum Gasteiger partial charge on any atom is -0.361 e. The highest BCUT2D eigenvalue weighted by Gasteiger charge is 2.40. The van der Waals surface area contributed by atoms with E-state index in [1.165, 1.54) is 11.1 Å². The highest BCUT2D eigenvalue weighted by Crippen LogP contribution is 2.36. The first-order chi connectivity index (χ1) is 18.4. The molecule has 1 saturated carbocycles. The van der Waals surface area contributed by atoms with Crippen molar-refractivity contribution in [2.45, 2.75) is 44.2 Å². The quantitative estimate of drug-likeness (QED) is 0.315. The Labute approximate surface area is 217 Å². The first kappa shape index (κ1) is 23.7. The molecule has 2 N–H and O–H groups in total. The van der Waals surface area contributed by atoms with Crippen LogP contribution >= 0.6 is 0 Å². The Morgan fingerprint density at radius 1 is 0.947 bits per heavy atom. The van der Waals surface area contributed by atoms with Crippen LogP contribution in [0.4, 0.5) is 5.69 Å². The number of piperidine rings is 1. The Balaban J connectivity index is 1.21. The molecule has 1 aromatic heterocycles. The molecule has 0 bridgehead atoms. The molecule has 3 heterocycles. The van der Waals surface area contributed by atoms with E-state index in [2.05, 4.69) is 15.6 Å². The molecule has 3 aliphatic rings. The third kappa shape index (κ3) is 4.06. The molecule has 3 amide bonds. The van der Waals surface area contributed by atoms with Gasteiger partial charge in [0, 0.05) is 60.4 Å². The van der Waals surface area contributed by atoms with Crippen LogP contribution in [0.2, 0.25) is 0 Å². The van der Waals surface area contributed by atoms with Crippen molar-refractivity contribution in [3.8, 4) is 0 Å². The molecule has 0 radical (unpaired) electrons. The maximum Gasteiger partial charge on any atom is 0.255 e. The molecule has 1 unspecified atom stereocenters. The molecular formula is C29H24N4O5. The molecule has 1 atom stereocenters. The normalized spacial score (nSPS) is 21.5. The van der Waals surface area contributed by atoms with Crippen LogP contribution < -0.4 is 10.6 Å². The van der Waals surface area contributed by atoms with Crippen LogP contribution in [0.25, 0.3) is 10.9 Å². The Hall–Kier alpha value is -4.66. The second-order valence-corrected chi connectivity index (χ2v) is 9.80. The first-order valence-electron chi connectivity index (χ1n) is 12.5. The van der Waals surface area contributed by atoms with Gasteiger partial charge < -0.3 is 10.2 Å². The van der Waals surface area contributed by atoms with E-state index < -0.39 is 11.9 Å². The Kier molecular flexibility index (Phi) is 5.83. The number of Topliss-reactive ketones (excluding diaryl/α,β-unsaturated/α-hetero) is 2. The van der Waals surface area contributed by atoms with Crippen LogP contribution in [0, 0.1) is 0 Å². The third-order valence-corrected chi connectivity index (χ3v) is 7.54. The van der Waals surface area contributed by atoms with Gasteiger partial charge in [0.25, 0.3) is 5.91 Å². The number of carbonyl (C=O) groups excluding carboxylic acids is 5. The number of nitrogens with zero attached hydrogens (tertiary/aromatic N) is 2. The number of pyridine rings is 1. The number of hydrogen-bond acceptors (Lipinski definition) is 7. The average Bonchev–Trinajstić information content (AvgIpc) is 3.24. The lowest BCUT2D eigenvalue weighted by molar-refractivity contribution is -0.137. The van der Waals surface area contributed by atoms with Gasteiger partial charge >= 0.3 is 0 Å². The average molecular weight is 509 g/mol. The van der Waals surface area contributed by atoms with E-state index in [-0.39, 0.29) is 67.1 Å². The molecule has 1 aliphatic carbocycles. The van der Waals surface area contributed by atoms with Crippen molar-refractivity contribution < 1.29 is 24.0 Å². The molecule has 1 saturated heterocycles. The van der Waals surface area contributed by atoms with E-state index in [0.717, 1.165) is 16.5 Å². The number of amides is 3. The fraction of sp³-hybridized carbons (Fsp3) is 0.241. The summed E-state index contributed by atoms with van der Waals surface area (Å²) in [5, 5.41) is 6.31. The third-order valence-electron chi connectivity index (χ3n) is 7.54. The summed E-state index contributed by atoms with van der Waals surface area (Å²) in [5.74, 6) is -1.81. The largest absolute Gasteiger partial charge is 0.361 e. The van der Waals surface area contributed by atoms with Gasteiger partial charge in [-0.15, -0.1) is 0 Å². The molecule has 0 spiro atoms. The summed E-state index contributed by atoms with van der Waals surface area (Å²) in [7, 11) is 0. The molecule has 9 heteroatoms. The molecule has 6 rings (SSSR count). The standard InChI is InChI=1S/C29H24N4O5/c34-25-12-16(17-10-11-30-22-6-2-1-4-18(17)22)13-26(35)20(25)14-31-23-7-3-5-19-21(23)15-33(29(19)38)24-8-9-27(36)32-28(24)37/h1-7,10-11,14,16,24,31H,8-9,12-13,15H2,(H,32,36,37). The number of nitrogens with one attached hydrogen (secondary N) is 2. The summed E-state index contributed by atoms with van der Waals surface area (Å²) >= 11 is 0. The molecule has 2 aliphatic heterocycles. The van der Waals surface area contributed by atoms with Gasteiger partial charge in [-0.05, 0) is 42.2 Å². The zero-order valence-corrected chi connectivity index (χ0v) is 20.4. The lowest BCUT2D eigenvalue weighted by atomic mass is 9.79. The van der Waals surface area contributed by atoms with E-state index in [1.807, 2.05) is 30.3 Å². The second-order valence-electron chi connectivity index (χ2n) is 9.80. The zero-order chi connectivity index (χ0) is 26.4. The summed E-state index contributed by atoms with van der Waals surface area (Å²) in [6.07, 6.45) is 4.00. The van der Waals surface area contributed by atoms with Crippen LogP contribution in [0.1, 0.15) is 53.1 Å². The minimum absolute atomic E-state index is 0.101. The molecular weight excluding hydrogens is 484 g/mol. The van der Waals surface area contributed by atoms with Gasteiger partial charge in [0.15, 0.2) is 11.6 Å². The topological polar surface area (TPSA) is 126 Å². The van der Waals surface area contributed by atoms with Crippen molar-refractivity contribution in [3.63, 3.8) is 0 Å². The van der Waals surface area contributed by atoms with Gasteiger partial charge in [-0.25, -0.2) is 0 Å². The maximum absolute atomic E-state index is 13.1. The highest BCUT2D eigenvalue weighted by atomic mass is 16.2. The maximum atomic E-state index is 13.1. The molecule has 3 aromatic rings. The van der Waals surface area contributed by atoms with Crippen LogP contribution in [-0.4, -0.2) is 45.2 Å². The van der Waals surface area contributed by atoms with Crippen molar-refractivity contribution in [2.75, 3.05) is 5.32 Å². The van der Waals surface area contributed by atoms with Crippen molar-refractivity contribution in [1.82, 2.24) is 15.2 Å². The van der Waals surface area contributed by atoms with E-state index in [9.17, 15) is 24.0 Å². The Bertz CT molecular complexity index is 1550. The predicted octanol–water partition coefficient (Wildman–Crippen LogP) is 3.01. The number of ketones is 2. The summed E-state index contributed by atoms with van der Waals surface area (Å²) < 4.78 is 0. The van der Waals surface area contributed by atoms with Crippen LogP contribution in [0.15, 0.2) is 66.5 Å². The van der Waals surface area contributed by atoms with Crippen LogP contribution in [-0.2, 0) is 25.7 Å². The fourth-order valence-electron chi connectivity index (χ4n) is 5.62. The highest BCUT2D eigenvalue weighted by molar-refractivity contribution is 6.22. The number of rotatable bonds is 4.